The molecule has 2 rings (SSSR count). The van der Waals surface area contributed by atoms with E-state index in [0.29, 0.717) is 11.9 Å². The van der Waals surface area contributed by atoms with Crippen molar-refractivity contribution < 1.29 is 18.0 Å². The van der Waals surface area contributed by atoms with Crippen LogP contribution in [0.25, 0.3) is 0 Å². The van der Waals surface area contributed by atoms with E-state index in [9.17, 15) is 18.0 Å². The molecule has 2 aromatic heterocycles. The first-order valence-corrected chi connectivity index (χ1v) is 5.41. The Morgan fingerprint density at radius 2 is 2.05 bits per heavy atom. The van der Waals surface area contributed by atoms with Crippen LogP contribution in [0, 0.1) is 0 Å². The first-order valence-electron chi connectivity index (χ1n) is 5.41. The van der Waals surface area contributed by atoms with Crippen LogP contribution < -0.4 is 0 Å². The van der Waals surface area contributed by atoms with Crippen molar-refractivity contribution in [3.8, 4) is 0 Å². The minimum Gasteiger partial charge on any atom is -0.292 e. The van der Waals surface area contributed by atoms with Crippen molar-refractivity contribution in [1.29, 1.82) is 0 Å². The predicted octanol–water partition coefficient (Wildman–Crippen LogP) is 2.26. The molecule has 0 saturated carbocycles. The molecule has 0 N–H and O–H groups in total. The van der Waals surface area contributed by atoms with E-state index >= 15 is 0 Å². The third-order valence-electron chi connectivity index (χ3n) is 2.49. The third-order valence-corrected chi connectivity index (χ3v) is 2.49. The van der Waals surface area contributed by atoms with Crippen molar-refractivity contribution in [1.82, 2.24) is 14.8 Å². The minimum atomic E-state index is -4.45. The fourth-order valence-electron chi connectivity index (χ4n) is 1.54. The number of Topliss-reactive ketones (excluding diaryl/α,β-unsaturated/α-hetero) is 1. The molecule has 0 spiro atoms. The molecule has 0 fully saturated rings. The first kappa shape index (κ1) is 13.3. The average molecular weight is 269 g/mol. The van der Waals surface area contributed by atoms with Gasteiger partial charge in [0.05, 0.1) is 17.7 Å². The Bertz CT molecular complexity index is 587. The van der Waals surface area contributed by atoms with Gasteiger partial charge in [0.25, 0.3) is 0 Å². The summed E-state index contributed by atoms with van der Waals surface area (Å²) in [6.07, 6.45) is -2.09. The summed E-state index contributed by atoms with van der Waals surface area (Å²) >= 11 is 0. The van der Waals surface area contributed by atoms with Crippen molar-refractivity contribution >= 4 is 5.78 Å². The van der Waals surface area contributed by atoms with Crippen molar-refractivity contribution in [2.45, 2.75) is 12.6 Å². The maximum absolute atomic E-state index is 12.3. The molecule has 0 unspecified atom stereocenters. The van der Waals surface area contributed by atoms with E-state index in [1.165, 1.54) is 0 Å². The Morgan fingerprint density at radius 3 is 2.53 bits per heavy atom. The number of carbonyl (C=O) groups is 1. The van der Waals surface area contributed by atoms with Gasteiger partial charge in [-0.15, -0.1) is 0 Å². The molecule has 100 valence electrons. The lowest BCUT2D eigenvalue weighted by atomic mass is 10.1. The molecule has 0 aliphatic heterocycles. The number of alkyl halides is 3. The number of ketones is 1. The van der Waals surface area contributed by atoms with Crippen LogP contribution in [0.2, 0.25) is 0 Å². The van der Waals surface area contributed by atoms with Gasteiger partial charge in [-0.2, -0.15) is 18.3 Å². The van der Waals surface area contributed by atoms with Gasteiger partial charge in [0, 0.05) is 19.4 Å². The van der Waals surface area contributed by atoms with Gasteiger partial charge < -0.3 is 0 Å². The lowest BCUT2D eigenvalue weighted by Gasteiger charge is -2.06. The number of hydrogen-bond donors (Lipinski definition) is 0. The molecule has 4 nitrogen and oxygen atoms in total. The summed E-state index contributed by atoms with van der Waals surface area (Å²) in [5, 5.41) is 4.02. The van der Waals surface area contributed by atoms with Gasteiger partial charge in [0.15, 0.2) is 5.78 Å². The summed E-state index contributed by atoms with van der Waals surface area (Å²) < 4.78 is 38.5. The molecule has 7 heteroatoms. The second-order valence-corrected chi connectivity index (χ2v) is 4.01. The van der Waals surface area contributed by atoms with Crippen molar-refractivity contribution in [3.05, 3.63) is 47.5 Å². The second-order valence-electron chi connectivity index (χ2n) is 4.01. The topological polar surface area (TPSA) is 47.8 Å². The van der Waals surface area contributed by atoms with Gasteiger partial charge in [0.1, 0.15) is 5.69 Å². The van der Waals surface area contributed by atoms with Gasteiger partial charge in [0.2, 0.25) is 0 Å². The Morgan fingerprint density at radius 1 is 1.32 bits per heavy atom. The molecule has 19 heavy (non-hydrogen) atoms. The molecular weight excluding hydrogens is 259 g/mol. The van der Waals surface area contributed by atoms with E-state index in [1.807, 2.05) is 0 Å². The summed E-state index contributed by atoms with van der Waals surface area (Å²) in [6.45, 7) is 0. The largest absolute Gasteiger partial charge is 0.417 e. The van der Waals surface area contributed by atoms with Crippen molar-refractivity contribution in [2.75, 3.05) is 0 Å². The van der Waals surface area contributed by atoms with Crippen LogP contribution in [0.4, 0.5) is 13.2 Å². The maximum Gasteiger partial charge on any atom is 0.417 e. The maximum atomic E-state index is 12.3. The lowest BCUT2D eigenvalue weighted by Crippen LogP contribution is -2.10. The van der Waals surface area contributed by atoms with Gasteiger partial charge >= 0.3 is 6.18 Å². The molecule has 0 saturated heterocycles. The monoisotopic (exact) mass is 269 g/mol. The van der Waals surface area contributed by atoms with Gasteiger partial charge in [-0.3, -0.25) is 14.5 Å². The van der Waals surface area contributed by atoms with Crippen LogP contribution in [-0.2, 0) is 19.6 Å². The Labute approximate surface area is 106 Å². The minimum absolute atomic E-state index is 0.00125. The molecule has 2 aromatic rings. The van der Waals surface area contributed by atoms with E-state index in [-0.39, 0.29) is 17.9 Å². The quantitative estimate of drug-likeness (QED) is 0.803. The molecule has 0 radical (unpaired) electrons. The standard InChI is InChI=1S/C12H10F3N3O/c1-18-5-4-9(17-18)6-11(19)10-3-2-8(7-16-10)12(13,14)15/h2-5,7H,6H2,1H3. The normalized spacial score (nSPS) is 11.6. The van der Waals surface area contributed by atoms with E-state index in [2.05, 4.69) is 10.1 Å². The highest BCUT2D eigenvalue weighted by Gasteiger charge is 2.30. The Balaban J connectivity index is 2.12. The van der Waals surface area contributed by atoms with Gasteiger partial charge in [-0.1, -0.05) is 0 Å². The van der Waals surface area contributed by atoms with Gasteiger partial charge in [-0.25, -0.2) is 0 Å². The van der Waals surface area contributed by atoms with Crippen LogP contribution in [0.15, 0.2) is 30.6 Å². The molecule has 0 aromatic carbocycles. The van der Waals surface area contributed by atoms with Crippen LogP contribution in [0.5, 0.6) is 0 Å². The predicted molar refractivity (Wildman–Crippen MR) is 60.5 cm³/mol. The van der Waals surface area contributed by atoms with Crippen LogP contribution in [0.3, 0.4) is 0 Å². The SMILES string of the molecule is Cn1ccc(CC(=O)c2ccc(C(F)(F)F)cn2)n1. The number of aromatic nitrogens is 3. The van der Waals surface area contributed by atoms with Gasteiger partial charge in [-0.05, 0) is 18.2 Å². The number of carbonyl (C=O) groups excluding carboxylic acids is 1. The van der Waals surface area contributed by atoms with Crippen molar-refractivity contribution in [2.24, 2.45) is 7.05 Å². The molecule has 0 aliphatic carbocycles. The lowest BCUT2D eigenvalue weighted by molar-refractivity contribution is -0.137. The fraction of sp³-hybridized carbons (Fsp3) is 0.250. The van der Waals surface area contributed by atoms with Crippen LogP contribution >= 0.6 is 0 Å². The zero-order chi connectivity index (χ0) is 14.0. The molecule has 0 bridgehead atoms. The highest BCUT2D eigenvalue weighted by molar-refractivity contribution is 5.95. The molecule has 0 aliphatic rings. The molecule has 0 amide bonds. The zero-order valence-electron chi connectivity index (χ0n) is 9.98. The van der Waals surface area contributed by atoms with E-state index in [0.717, 1.165) is 12.1 Å². The smallest absolute Gasteiger partial charge is 0.292 e. The highest BCUT2D eigenvalue weighted by atomic mass is 19.4. The zero-order valence-corrected chi connectivity index (χ0v) is 9.98. The van der Waals surface area contributed by atoms with Crippen LogP contribution in [0.1, 0.15) is 21.7 Å². The number of nitrogens with zero attached hydrogens (tertiary/aromatic N) is 3. The second kappa shape index (κ2) is 4.83. The number of halogens is 3. The highest BCUT2D eigenvalue weighted by Crippen LogP contribution is 2.28. The summed E-state index contributed by atoms with van der Waals surface area (Å²) in [5.74, 6) is -0.368. The van der Waals surface area contributed by atoms with Crippen LogP contribution in [-0.4, -0.2) is 20.5 Å². The van der Waals surface area contributed by atoms with E-state index in [1.54, 1.807) is 24.0 Å². The molecule has 2 heterocycles. The molecular formula is C12H10F3N3O. The number of aryl methyl sites for hydroxylation is 1. The Kier molecular flexibility index (Phi) is 3.37. The Hall–Kier alpha value is -2.18. The number of rotatable bonds is 3. The summed E-state index contributed by atoms with van der Waals surface area (Å²) in [4.78, 5) is 15.3. The summed E-state index contributed by atoms with van der Waals surface area (Å²) in [7, 11) is 1.71. The third kappa shape index (κ3) is 3.18. The summed E-state index contributed by atoms with van der Waals surface area (Å²) in [6, 6.07) is 3.59. The average Bonchev–Trinajstić information content (AvgIpc) is 2.74. The van der Waals surface area contributed by atoms with Crippen molar-refractivity contribution in [3.63, 3.8) is 0 Å². The van der Waals surface area contributed by atoms with E-state index in [4.69, 9.17) is 0 Å². The molecule has 0 atom stereocenters. The number of hydrogen-bond acceptors (Lipinski definition) is 3. The number of pyridine rings is 1. The fourth-order valence-corrected chi connectivity index (χ4v) is 1.54. The first-order chi connectivity index (χ1) is 8.86. The summed E-state index contributed by atoms with van der Waals surface area (Å²) in [5.41, 5.74) is -0.324. The van der Waals surface area contributed by atoms with E-state index < -0.39 is 11.7 Å².